The number of hydrogen-bond donors (Lipinski definition) is 1. The van der Waals surface area contributed by atoms with Crippen LogP contribution in [0, 0.1) is 0 Å². The van der Waals surface area contributed by atoms with E-state index in [1.807, 2.05) is 35.9 Å². The van der Waals surface area contributed by atoms with Crippen LogP contribution in [0.4, 0.5) is 0 Å². The number of benzene rings is 2. The van der Waals surface area contributed by atoms with Crippen molar-refractivity contribution in [3.8, 4) is 11.5 Å². The highest BCUT2D eigenvalue weighted by Gasteiger charge is 2.26. The first-order valence-corrected chi connectivity index (χ1v) is 8.82. The van der Waals surface area contributed by atoms with Crippen LogP contribution >= 0.6 is 0 Å². The van der Waals surface area contributed by atoms with Gasteiger partial charge in [-0.25, -0.2) is 13.4 Å². The fraction of sp³-hybridized carbons (Fsp3) is 0.0588. The standard InChI is InChI=1S/C17H14N4O2S/c1-21-14-10-6-5-9-13(14)19-17(21)16-15(11-18-20-16)24(22,23)12-7-3-2-4-8-12/h2-11H,1H3,(H,18,20). The van der Waals surface area contributed by atoms with Crippen LogP contribution in [0.3, 0.4) is 0 Å². The van der Waals surface area contributed by atoms with E-state index in [1.165, 1.54) is 6.20 Å². The number of aryl methyl sites for hydroxylation is 1. The van der Waals surface area contributed by atoms with Crippen molar-refractivity contribution < 1.29 is 8.42 Å². The number of rotatable bonds is 3. The molecular weight excluding hydrogens is 324 g/mol. The average molecular weight is 338 g/mol. The molecule has 0 spiro atoms. The van der Waals surface area contributed by atoms with Crippen molar-refractivity contribution in [1.82, 2.24) is 19.7 Å². The van der Waals surface area contributed by atoms with Gasteiger partial charge in [-0.15, -0.1) is 0 Å². The molecule has 0 saturated carbocycles. The molecule has 24 heavy (non-hydrogen) atoms. The summed E-state index contributed by atoms with van der Waals surface area (Å²) in [5.41, 5.74) is 2.11. The lowest BCUT2D eigenvalue weighted by molar-refractivity contribution is 0.596. The highest BCUT2D eigenvalue weighted by atomic mass is 32.2. The molecule has 2 aromatic carbocycles. The lowest BCUT2D eigenvalue weighted by Crippen LogP contribution is -2.04. The molecule has 0 saturated heterocycles. The van der Waals surface area contributed by atoms with Crippen LogP contribution in [0.15, 0.2) is 70.6 Å². The molecule has 0 aliphatic rings. The van der Waals surface area contributed by atoms with Gasteiger partial charge in [-0.2, -0.15) is 5.10 Å². The summed E-state index contributed by atoms with van der Waals surface area (Å²) in [6, 6.07) is 16.0. The summed E-state index contributed by atoms with van der Waals surface area (Å²) in [5.74, 6) is 0.531. The SMILES string of the molecule is Cn1c(-c2[nH]ncc2S(=O)(=O)c2ccccc2)nc2ccccc21. The zero-order valence-corrected chi connectivity index (χ0v) is 13.7. The summed E-state index contributed by atoms with van der Waals surface area (Å²) in [7, 11) is -1.82. The monoisotopic (exact) mass is 338 g/mol. The zero-order valence-electron chi connectivity index (χ0n) is 12.8. The summed E-state index contributed by atoms with van der Waals surface area (Å²) >= 11 is 0. The van der Waals surface area contributed by atoms with Crippen molar-refractivity contribution in [2.24, 2.45) is 7.05 Å². The predicted octanol–water partition coefficient (Wildman–Crippen LogP) is 2.80. The van der Waals surface area contributed by atoms with Crippen LogP contribution in [-0.4, -0.2) is 28.2 Å². The van der Waals surface area contributed by atoms with Gasteiger partial charge in [-0.3, -0.25) is 5.10 Å². The van der Waals surface area contributed by atoms with E-state index in [9.17, 15) is 8.42 Å². The molecule has 2 aromatic heterocycles. The molecule has 0 bridgehead atoms. The zero-order chi connectivity index (χ0) is 16.7. The highest BCUT2D eigenvalue weighted by molar-refractivity contribution is 7.91. The molecule has 0 fully saturated rings. The summed E-state index contributed by atoms with van der Waals surface area (Å²) in [5, 5.41) is 6.73. The number of sulfone groups is 1. The van der Waals surface area contributed by atoms with E-state index >= 15 is 0 Å². The molecular formula is C17H14N4O2S. The number of aromatic amines is 1. The molecule has 6 nitrogen and oxygen atoms in total. The lowest BCUT2D eigenvalue weighted by Gasteiger charge is -2.05. The third kappa shape index (κ3) is 2.13. The maximum atomic E-state index is 12.9. The van der Waals surface area contributed by atoms with Crippen LogP contribution in [0.1, 0.15) is 0 Å². The molecule has 0 amide bonds. The highest BCUT2D eigenvalue weighted by Crippen LogP contribution is 2.30. The smallest absolute Gasteiger partial charge is 0.210 e. The normalized spacial score (nSPS) is 11.9. The topological polar surface area (TPSA) is 80.6 Å². The largest absolute Gasteiger partial charge is 0.326 e. The van der Waals surface area contributed by atoms with Crippen LogP contribution in [0.25, 0.3) is 22.6 Å². The van der Waals surface area contributed by atoms with Crippen LogP contribution in [-0.2, 0) is 16.9 Å². The minimum Gasteiger partial charge on any atom is -0.326 e. The van der Waals surface area contributed by atoms with Gasteiger partial charge in [0.1, 0.15) is 10.6 Å². The molecule has 4 rings (SSSR count). The van der Waals surface area contributed by atoms with E-state index in [0.29, 0.717) is 11.5 Å². The third-order valence-corrected chi connectivity index (χ3v) is 5.74. The second-order valence-electron chi connectivity index (χ2n) is 5.41. The fourth-order valence-electron chi connectivity index (χ4n) is 2.73. The molecule has 4 aromatic rings. The number of hydrogen-bond acceptors (Lipinski definition) is 4. The number of H-pyrrole nitrogens is 1. The molecule has 120 valence electrons. The van der Waals surface area contributed by atoms with Gasteiger partial charge < -0.3 is 4.57 Å². The number of nitrogens with one attached hydrogen (secondary N) is 1. The Bertz CT molecular complexity index is 1130. The van der Waals surface area contributed by atoms with Gasteiger partial charge in [0.15, 0.2) is 5.82 Å². The first-order valence-electron chi connectivity index (χ1n) is 7.34. The van der Waals surface area contributed by atoms with E-state index in [2.05, 4.69) is 15.2 Å². The Morgan fingerprint density at radius 2 is 1.71 bits per heavy atom. The van der Waals surface area contributed by atoms with Crippen molar-refractivity contribution in [1.29, 1.82) is 0 Å². The second-order valence-corrected chi connectivity index (χ2v) is 7.33. The number of para-hydroxylation sites is 2. The second kappa shape index (κ2) is 5.31. The maximum absolute atomic E-state index is 12.9. The third-order valence-electron chi connectivity index (χ3n) is 3.96. The molecule has 0 aliphatic carbocycles. The van der Waals surface area contributed by atoms with E-state index in [-0.39, 0.29) is 9.79 Å². The lowest BCUT2D eigenvalue weighted by atomic mass is 10.3. The van der Waals surface area contributed by atoms with Gasteiger partial charge in [0, 0.05) is 7.05 Å². The van der Waals surface area contributed by atoms with Gasteiger partial charge in [0.25, 0.3) is 0 Å². The van der Waals surface area contributed by atoms with Crippen molar-refractivity contribution in [2.75, 3.05) is 0 Å². The Morgan fingerprint density at radius 3 is 2.46 bits per heavy atom. The molecule has 0 radical (unpaired) electrons. The van der Waals surface area contributed by atoms with E-state index < -0.39 is 9.84 Å². The van der Waals surface area contributed by atoms with Crippen molar-refractivity contribution in [3.05, 3.63) is 60.8 Å². The molecule has 0 atom stereocenters. The van der Waals surface area contributed by atoms with Crippen molar-refractivity contribution >= 4 is 20.9 Å². The summed E-state index contributed by atoms with van der Waals surface area (Å²) in [6.45, 7) is 0. The first kappa shape index (κ1) is 14.6. The molecule has 1 N–H and O–H groups in total. The van der Waals surface area contributed by atoms with E-state index in [1.54, 1.807) is 30.3 Å². The summed E-state index contributed by atoms with van der Waals surface area (Å²) in [6.07, 6.45) is 1.33. The predicted molar refractivity (Wildman–Crippen MR) is 90.2 cm³/mol. The Hall–Kier alpha value is -2.93. The average Bonchev–Trinajstić information content (AvgIpc) is 3.21. The maximum Gasteiger partial charge on any atom is 0.210 e. The Morgan fingerprint density at radius 1 is 1.00 bits per heavy atom. The van der Waals surface area contributed by atoms with Gasteiger partial charge in [-0.1, -0.05) is 30.3 Å². The Kier molecular flexibility index (Phi) is 3.24. The quantitative estimate of drug-likeness (QED) is 0.623. The van der Waals surface area contributed by atoms with Gasteiger partial charge in [-0.05, 0) is 24.3 Å². The van der Waals surface area contributed by atoms with Crippen molar-refractivity contribution in [2.45, 2.75) is 9.79 Å². The van der Waals surface area contributed by atoms with Crippen LogP contribution in [0.2, 0.25) is 0 Å². The minimum atomic E-state index is -3.68. The van der Waals surface area contributed by atoms with Gasteiger partial charge in [0.05, 0.1) is 22.1 Å². The summed E-state index contributed by atoms with van der Waals surface area (Å²) < 4.78 is 27.7. The minimum absolute atomic E-state index is 0.118. The molecule has 0 aliphatic heterocycles. The number of aromatic nitrogens is 4. The number of imidazole rings is 1. The van der Waals surface area contributed by atoms with Gasteiger partial charge >= 0.3 is 0 Å². The Balaban J connectivity index is 1.93. The molecule has 7 heteroatoms. The van der Waals surface area contributed by atoms with E-state index in [0.717, 1.165) is 11.0 Å². The first-order chi connectivity index (χ1) is 11.6. The summed E-state index contributed by atoms with van der Waals surface area (Å²) in [4.78, 5) is 4.90. The van der Waals surface area contributed by atoms with Crippen LogP contribution < -0.4 is 0 Å². The fourth-order valence-corrected chi connectivity index (χ4v) is 4.10. The number of nitrogens with zero attached hydrogens (tertiary/aromatic N) is 3. The molecule has 2 heterocycles. The van der Waals surface area contributed by atoms with E-state index in [4.69, 9.17) is 0 Å². The van der Waals surface area contributed by atoms with Crippen molar-refractivity contribution in [3.63, 3.8) is 0 Å². The molecule has 0 unspecified atom stereocenters. The van der Waals surface area contributed by atoms with Gasteiger partial charge in [0.2, 0.25) is 9.84 Å². The van der Waals surface area contributed by atoms with Crippen LogP contribution in [0.5, 0.6) is 0 Å². The Labute approximate surface area is 138 Å². The number of fused-ring (bicyclic) bond motifs is 1.